The number of anilines is 1. The minimum absolute atomic E-state index is 0.203. The highest BCUT2D eigenvalue weighted by molar-refractivity contribution is 5.59. The van der Waals surface area contributed by atoms with Crippen molar-refractivity contribution in [1.29, 1.82) is 0 Å². The van der Waals surface area contributed by atoms with Crippen molar-refractivity contribution in [2.75, 3.05) is 24.5 Å². The summed E-state index contributed by atoms with van der Waals surface area (Å²) in [7, 11) is 0. The van der Waals surface area contributed by atoms with Crippen molar-refractivity contribution in [2.45, 2.75) is 19.4 Å². The summed E-state index contributed by atoms with van der Waals surface area (Å²) < 4.78 is 26.1. The molecule has 1 aliphatic heterocycles. The first kappa shape index (κ1) is 13.7. The lowest BCUT2D eigenvalue weighted by Crippen LogP contribution is -2.49. The first-order chi connectivity index (χ1) is 8.99. The van der Waals surface area contributed by atoms with Gasteiger partial charge < -0.3 is 10.2 Å². The smallest absolute Gasteiger partial charge is 0.270 e. The number of non-ortho nitro benzene ring substituents is 1. The number of piperazine rings is 1. The number of benzene rings is 1. The number of nitro benzene ring substituents is 1. The molecule has 0 spiro atoms. The molecule has 0 saturated carbocycles. The number of nitrogens with zero attached hydrogens (tertiary/aromatic N) is 2. The minimum atomic E-state index is -2.72. The van der Waals surface area contributed by atoms with Crippen LogP contribution in [0.25, 0.3) is 0 Å². The van der Waals surface area contributed by atoms with Gasteiger partial charge in [-0.3, -0.25) is 10.1 Å². The summed E-state index contributed by atoms with van der Waals surface area (Å²) in [5, 5.41) is 13.9. The third-order valence-electron chi connectivity index (χ3n) is 3.17. The predicted molar refractivity (Wildman–Crippen MR) is 67.7 cm³/mol. The summed E-state index contributed by atoms with van der Waals surface area (Å²) >= 11 is 0. The number of rotatable bonds is 3. The topological polar surface area (TPSA) is 58.4 Å². The molecule has 2 rings (SSSR count). The Hall–Kier alpha value is -1.76. The second-order valence-corrected chi connectivity index (χ2v) is 4.60. The molecule has 1 unspecified atom stereocenters. The monoisotopic (exact) mass is 271 g/mol. The summed E-state index contributed by atoms with van der Waals surface area (Å²) in [5.74, 6) is 0. The van der Waals surface area contributed by atoms with Crippen molar-refractivity contribution >= 4 is 11.4 Å². The van der Waals surface area contributed by atoms with E-state index in [0.29, 0.717) is 25.3 Å². The number of nitrogens with one attached hydrogen (secondary N) is 1. The van der Waals surface area contributed by atoms with Gasteiger partial charge in [0.25, 0.3) is 12.1 Å². The first-order valence-electron chi connectivity index (χ1n) is 6.04. The molecular weight excluding hydrogens is 256 g/mol. The lowest BCUT2D eigenvalue weighted by molar-refractivity contribution is -0.385. The van der Waals surface area contributed by atoms with E-state index in [2.05, 4.69) is 5.32 Å². The highest BCUT2D eigenvalue weighted by Crippen LogP contribution is 2.33. The third kappa shape index (κ3) is 2.98. The van der Waals surface area contributed by atoms with E-state index < -0.39 is 11.3 Å². The minimum Gasteiger partial charge on any atom is -0.368 e. The number of nitro groups is 1. The Bertz CT molecular complexity index is 482. The summed E-state index contributed by atoms with van der Waals surface area (Å²) in [5.41, 5.74) is -0.195. The zero-order chi connectivity index (χ0) is 14.0. The summed E-state index contributed by atoms with van der Waals surface area (Å²) in [6, 6.07) is 3.85. The lowest BCUT2D eigenvalue weighted by atomic mass is 10.1. The van der Waals surface area contributed by atoms with E-state index in [4.69, 9.17) is 0 Å². The van der Waals surface area contributed by atoms with E-state index in [-0.39, 0.29) is 17.3 Å². The molecule has 1 saturated heterocycles. The van der Waals surface area contributed by atoms with Gasteiger partial charge in [-0.1, -0.05) is 0 Å². The molecule has 0 aromatic heterocycles. The van der Waals surface area contributed by atoms with Crippen molar-refractivity contribution < 1.29 is 13.7 Å². The van der Waals surface area contributed by atoms with Crippen LogP contribution in [-0.2, 0) is 0 Å². The molecule has 104 valence electrons. The van der Waals surface area contributed by atoms with E-state index in [9.17, 15) is 18.9 Å². The molecular formula is C12H15F2N3O2. The highest BCUT2D eigenvalue weighted by atomic mass is 19.3. The molecule has 1 N–H and O–H groups in total. The quantitative estimate of drug-likeness (QED) is 0.677. The number of hydrogen-bond acceptors (Lipinski definition) is 4. The van der Waals surface area contributed by atoms with E-state index >= 15 is 0 Å². The standard InChI is InChI=1S/C12H15F2N3O2/c1-8-7-16(5-4-15-8)11-3-2-9(17(18)19)6-10(11)12(13)14/h2-3,6,8,12,15H,4-5,7H2,1H3. The molecule has 1 heterocycles. The molecule has 0 radical (unpaired) electrons. The number of alkyl halides is 2. The van der Waals surface area contributed by atoms with Gasteiger partial charge in [0.2, 0.25) is 0 Å². The van der Waals surface area contributed by atoms with Gasteiger partial charge in [-0.2, -0.15) is 0 Å². The summed E-state index contributed by atoms with van der Waals surface area (Å²) in [4.78, 5) is 11.8. The van der Waals surface area contributed by atoms with Crippen LogP contribution in [0.3, 0.4) is 0 Å². The molecule has 0 aliphatic carbocycles. The van der Waals surface area contributed by atoms with E-state index in [1.807, 2.05) is 11.8 Å². The van der Waals surface area contributed by atoms with Gasteiger partial charge in [-0.05, 0) is 13.0 Å². The molecule has 1 aromatic carbocycles. The van der Waals surface area contributed by atoms with Crippen LogP contribution in [0.2, 0.25) is 0 Å². The molecule has 5 nitrogen and oxygen atoms in total. The van der Waals surface area contributed by atoms with Crippen LogP contribution in [-0.4, -0.2) is 30.6 Å². The Morgan fingerprint density at radius 3 is 2.84 bits per heavy atom. The summed E-state index contributed by atoms with van der Waals surface area (Å²) in [6.45, 7) is 3.90. The van der Waals surface area contributed by atoms with Crippen molar-refractivity contribution in [3.8, 4) is 0 Å². The van der Waals surface area contributed by atoms with Gasteiger partial charge in [-0.15, -0.1) is 0 Å². The summed E-state index contributed by atoms with van der Waals surface area (Å²) in [6.07, 6.45) is -2.72. The Morgan fingerprint density at radius 1 is 1.53 bits per heavy atom. The van der Waals surface area contributed by atoms with Crippen LogP contribution in [0.15, 0.2) is 18.2 Å². The van der Waals surface area contributed by atoms with Crippen molar-refractivity contribution in [3.63, 3.8) is 0 Å². The molecule has 1 fully saturated rings. The van der Waals surface area contributed by atoms with Gasteiger partial charge in [0.05, 0.1) is 4.92 Å². The van der Waals surface area contributed by atoms with Gasteiger partial charge in [0.15, 0.2) is 0 Å². The van der Waals surface area contributed by atoms with Gasteiger partial charge >= 0.3 is 0 Å². The van der Waals surface area contributed by atoms with Gasteiger partial charge in [-0.25, -0.2) is 8.78 Å². The number of hydrogen-bond donors (Lipinski definition) is 1. The first-order valence-corrected chi connectivity index (χ1v) is 6.04. The maximum absolute atomic E-state index is 13.1. The Labute approximate surface area is 109 Å². The fraction of sp³-hybridized carbons (Fsp3) is 0.500. The molecule has 1 aliphatic rings. The van der Waals surface area contributed by atoms with Crippen LogP contribution in [0.4, 0.5) is 20.2 Å². The fourth-order valence-corrected chi connectivity index (χ4v) is 2.27. The maximum Gasteiger partial charge on any atom is 0.270 e. The maximum atomic E-state index is 13.1. The Kier molecular flexibility index (Phi) is 3.94. The van der Waals surface area contributed by atoms with E-state index in [0.717, 1.165) is 6.07 Å². The van der Waals surface area contributed by atoms with E-state index in [1.54, 1.807) is 0 Å². The van der Waals surface area contributed by atoms with Crippen molar-refractivity contribution in [3.05, 3.63) is 33.9 Å². The second kappa shape index (κ2) is 5.48. The molecule has 19 heavy (non-hydrogen) atoms. The van der Waals surface area contributed by atoms with Gasteiger partial charge in [0.1, 0.15) is 0 Å². The average molecular weight is 271 g/mol. The van der Waals surface area contributed by atoms with Crippen LogP contribution < -0.4 is 10.2 Å². The number of halogens is 2. The predicted octanol–water partition coefficient (Wildman–Crippen LogP) is 2.33. The van der Waals surface area contributed by atoms with Crippen molar-refractivity contribution in [1.82, 2.24) is 5.32 Å². The molecule has 7 heteroatoms. The highest BCUT2D eigenvalue weighted by Gasteiger charge is 2.24. The van der Waals surface area contributed by atoms with Gasteiger partial charge in [0, 0.05) is 49.1 Å². The van der Waals surface area contributed by atoms with Crippen LogP contribution in [0.1, 0.15) is 18.9 Å². The average Bonchev–Trinajstić information content (AvgIpc) is 2.37. The Balaban J connectivity index is 2.36. The van der Waals surface area contributed by atoms with Crippen LogP contribution in [0, 0.1) is 10.1 Å². The fourth-order valence-electron chi connectivity index (χ4n) is 2.27. The normalized spacial score (nSPS) is 19.8. The van der Waals surface area contributed by atoms with Crippen molar-refractivity contribution in [2.24, 2.45) is 0 Å². The third-order valence-corrected chi connectivity index (χ3v) is 3.17. The lowest BCUT2D eigenvalue weighted by Gasteiger charge is -2.34. The van der Waals surface area contributed by atoms with Crippen LogP contribution >= 0.6 is 0 Å². The molecule has 0 amide bonds. The van der Waals surface area contributed by atoms with E-state index in [1.165, 1.54) is 12.1 Å². The van der Waals surface area contributed by atoms with Crippen LogP contribution in [0.5, 0.6) is 0 Å². The molecule has 1 aromatic rings. The SMILES string of the molecule is CC1CN(c2ccc([N+](=O)[O-])cc2C(F)F)CCN1. The Morgan fingerprint density at radius 2 is 2.26 bits per heavy atom. The zero-order valence-electron chi connectivity index (χ0n) is 10.5. The second-order valence-electron chi connectivity index (χ2n) is 4.60. The molecule has 1 atom stereocenters. The molecule has 0 bridgehead atoms. The zero-order valence-corrected chi connectivity index (χ0v) is 10.5. The largest absolute Gasteiger partial charge is 0.368 e.